The summed E-state index contributed by atoms with van der Waals surface area (Å²) in [5.41, 5.74) is 1.28. The van der Waals surface area contributed by atoms with Crippen LogP contribution in [0.25, 0.3) is 0 Å². The Balaban J connectivity index is 2.06. The van der Waals surface area contributed by atoms with Crippen LogP contribution >= 0.6 is 0 Å². The summed E-state index contributed by atoms with van der Waals surface area (Å²) in [7, 11) is 0. The number of rotatable bonds is 2. The number of carbonyl (C=O) groups excluding carboxylic acids is 1. The number of fused-ring (bicyclic) bond motifs is 1. The molecule has 0 amide bonds. The number of hydrogen-bond acceptors (Lipinski definition) is 3. The van der Waals surface area contributed by atoms with E-state index in [1.54, 1.807) is 0 Å². The quantitative estimate of drug-likeness (QED) is 0.705. The van der Waals surface area contributed by atoms with Crippen LogP contribution in [0.3, 0.4) is 0 Å². The molecule has 2 atom stereocenters. The van der Waals surface area contributed by atoms with Gasteiger partial charge in [0, 0.05) is 18.2 Å². The molecule has 1 aliphatic carbocycles. The van der Waals surface area contributed by atoms with E-state index in [1.165, 1.54) is 5.70 Å². The van der Waals surface area contributed by atoms with Crippen LogP contribution in [0.2, 0.25) is 0 Å². The van der Waals surface area contributed by atoms with Crippen molar-refractivity contribution in [2.24, 2.45) is 11.8 Å². The molecule has 1 aliphatic heterocycles. The Kier molecular flexibility index (Phi) is 3.29. The number of esters is 1. The third-order valence-corrected chi connectivity index (χ3v) is 3.34. The number of hydrogen-bond donors (Lipinski definition) is 1. The summed E-state index contributed by atoms with van der Waals surface area (Å²) >= 11 is 0. The molecule has 2 unspecified atom stereocenters. The maximum absolute atomic E-state index is 11.8. The van der Waals surface area contributed by atoms with Gasteiger partial charge in [0.05, 0.1) is 12.5 Å². The summed E-state index contributed by atoms with van der Waals surface area (Å²) in [6.45, 7) is 3.42. The van der Waals surface area contributed by atoms with Crippen LogP contribution in [0.15, 0.2) is 11.8 Å². The minimum Gasteiger partial charge on any atom is -0.466 e. The lowest BCUT2D eigenvalue weighted by Crippen LogP contribution is -2.38. The zero-order valence-electron chi connectivity index (χ0n) is 9.29. The summed E-state index contributed by atoms with van der Waals surface area (Å²) in [5, 5.41) is 3.40. The Bertz CT molecular complexity index is 273. The molecule has 15 heavy (non-hydrogen) atoms. The molecule has 1 saturated heterocycles. The van der Waals surface area contributed by atoms with Gasteiger partial charge in [-0.2, -0.15) is 0 Å². The smallest absolute Gasteiger partial charge is 0.309 e. The number of carbonyl (C=O) groups is 1. The van der Waals surface area contributed by atoms with Crippen molar-refractivity contribution in [1.82, 2.24) is 5.32 Å². The first-order valence-electron chi connectivity index (χ1n) is 5.93. The Morgan fingerprint density at radius 2 is 2.47 bits per heavy atom. The SMILES string of the molecule is CCOC(=O)C1CCC=C2NCCCC21. The van der Waals surface area contributed by atoms with Gasteiger partial charge in [0.1, 0.15) is 0 Å². The molecule has 2 aliphatic rings. The molecule has 0 spiro atoms. The van der Waals surface area contributed by atoms with Gasteiger partial charge in [-0.25, -0.2) is 0 Å². The molecule has 1 N–H and O–H groups in total. The third-order valence-electron chi connectivity index (χ3n) is 3.34. The van der Waals surface area contributed by atoms with E-state index in [0.717, 1.165) is 32.2 Å². The maximum Gasteiger partial charge on any atom is 0.309 e. The van der Waals surface area contributed by atoms with Gasteiger partial charge in [0.25, 0.3) is 0 Å². The second-order valence-corrected chi connectivity index (χ2v) is 4.27. The van der Waals surface area contributed by atoms with Gasteiger partial charge in [-0.3, -0.25) is 4.79 Å². The lowest BCUT2D eigenvalue weighted by Gasteiger charge is -2.35. The Morgan fingerprint density at radius 1 is 1.60 bits per heavy atom. The van der Waals surface area contributed by atoms with Gasteiger partial charge in [0.2, 0.25) is 0 Å². The van der Waals surface area contributed by atoms with Crippen LogP contribution in [0.4, 0.5) is 0 Å². The van der Waals surface area contributed by atoms with Crippen molar-refractivity contribution in [3.05, 3.63) is 11.8 Å². The molecule has 1 heterocycles. The molecular weight excluding hydrogens is 190 g/mol. The highest BCUT2D eigenvalue weighted by atomic mass is 16.5. The Morgan fingerprint density at radius 3 is 3.27 bits per heavy atom. The molecule has 0 radical (unpaired) electrons. The van der Waals surface area contributed by atoms with Crippen molar-refractivity contribution in [2.75, 3.05) is 13.2 Å². The molecule has 0 aromatic heterocycles. The van der Waals surface area contributed by atoms with Crippen molar-refractivity contribution in [2.45, 2.75) is 32.6 Å². The zero-order chi connectivity index (χ0) is 10.7. The first kappa shape index (κ1) is 10.5. The fourth-order valence-corrected chi connectivity index (χ4v) is 2.63. The number of ether oxygens (including phenoxy) is 1. The van der Waals surface area contributed by atoms with Crippen LogP contribution in [0.5, 0.6) is 0 Å². The molecule has 2 rings (SSSR count). The topological polar surface area (TPSA) is 38.3 Å². The lowest BCUT2D eigenvalue weighted by molar-refractivity contribution is -0.150. The number of piperidine rings is 1. The maximum atomic E-state index is 11.8. The Hall–Kier alpha value is -0.990. The van der Waals surface area contributed by atoms with Gasteiger partial charge in [-0.1, -0.05) is 6.08 Å². The first-order chi connectivity index (χ1) is 7.33. The summed E-state index contributed by atoms with van der Waals surface area (Å²) < 4.78 is 5.14. The van der Waals surface area contributed by atoms with Crippen LogP contribution in [0.1, 0.15) is 32.6 Å². The highest BCUT2D eigenvalue weighted by Gasteiger charge is 2.35. The van der Waals surface area contributed by atoms with E-state index < -0.39 is 0 Å². The predicted octanol–water partition coefficient (Wildman–Crippen LogP) is 1.84. The van der Waals surface area contributed by atoms with Gasteiger partial charge >= 0.3 is 5.97 Å². The highest BCUT2D eigenvalue weighted by molar-refractivity contribution is 5.73. The van der Waals surface area contributed by atoms with Gasteiger partial charge in [-0.15, -0.1) is 0 Å². The van der Waals surface area contributed by atoms with Crippen molar-refractivity contribution in [3.8, 4) is 0 Å². The van der Waals surface area contributed by atoms with E-state index in [2.05, 4.69) is 11.4 Å². The second-order valence-electron chi connectivity index (χ2n) is 4.27. The average molecular weight is 209 g/mol. The molecule has 1 fully saturated rings. The Labute approximate surface area is 90.9 Å². The van der Waals surface area contributed by atoms with Crippen molar-refractivity contribution >= 4 is 5.97 Å². The molecule has 3 heteroatoms. The lowest BCUT2D eigenvalue weighted by atomic mass is 9.77. The summed E-state index contributed by atoms with van der Waals surface area (Å²) in [5.74, 6) is 0.487. The fourth-order valence-electron chi connectivity index (χ4n) is 2.63. The van der Waals surface area contributed by atoms with Crippen LogP contribution in [-0.4, -0.2) is 19.1 Å². The minimum absolute atomic E-state index is 0.00296. The van der Waals surface area contributed by atoms with E-state index in [1.807, 2.05) is 6.92 Å². The van der Waals surface area contributed by atoms with Crippen molar-refractivity contribution < 1.29 is 9.53 Å². The molecule has 0 bridgehead atoms. The zero-order valence-corrected chi connectivity index (χ0v) is 9.29. The standard InChI is InChI=1S/C12H19NO2/c1-2-15-12(14)10-5-3-7-11-9(10)6-4-8-13-11/h7,9-10,13H,2-6,8H2,1H3. The largest absolute Gasteiger partial charge is 0.466 e. The van der Waals surface area contributed by atoms with E-state index in [0.29, 0.717) is 12.5 Å². The highest BCUT2D eigenvalue weighted by Crippen LogP contribution is 2.35. The predicted molar refractivity (Wildman–Crippen MR) is 58.2 cm³/mol. The van der Waals surface area contributed by atoms with E-state index in [4.69, 9.17) is 4.74 Å². The van der Waals surface area contributed by atoms with Gasteiger partial charge in [-0.05, 0) is 32.6 Å². The fraction of sp³-hybridized carbons (Fsp3) is 0.750. The van der Waals surface area contributed by atoms with Crippen LogP contribution in [0, 0.1) is 11.8 Å². The van der Waals surface area contributed by atoms with Crippen LogP contribution < -0.4 is 5.32 Å². The molecule has 0 aromatic rings. The first-order valence-corrected chi connectivity index (χ1v) is 5.93. The van der Waals surface area contributed by atoms with E-state index in [9.17, 15) is 4.79 Å². The third kappa shape index (κ3) is 2.16. The minimum atomic E-state index is -0.00296. The number of allylic oxidation sites excluding steroid dienone is 2. The van der Waals surface area contributed by atoms with E-state index in [-0.39, 0.29) is 11.9 Å². The summed E-state index contributed by atoms with van der Waals surface area (Å²) in [6.07, 6.45) is 6.50. The van der Waals surface area contributed by atoms with Gasteiger partial charge in [0.15, 0.2) is 0 Å². The second kappa shape index (κ2) is 4.69. The summed E-state index contributed by atoms with van der Waals surface area (Å²) in [4.78, 5) is 11.8. The normalized spacial score (nSPS) is 29.8. The summed E-state index contributed by atoms with van der Waals surface area (Å²) in [6, 6.07) is 0. The van der Waals surface area contributed by atoms with Crippen molar-refractivity contribution in [3.63, 3.8) is 0 Å². The van der Waals surface area contributed by atoms with E-state index >= 15 is 0 Å². The molecule has 0 aromatic carbocycles. The van der Waals surface area contributed by atoms with Crippen molar-refractivity contribution in [1.29, 1.82) is 0 Å². The van der Waals surface area contributed by atoms with Gasteiger partial charge < -0.3 is 10.1 Å². The monoisotopic (exact) mass is 209 g/mol. The van der Waals surface area contributed by atoms with Crippen LogP contribution in [-0.2, 0) is 9.53 Å². The molecular formula is C12H19NO2. The molecule has 3 nitrogen and oxygen atoms in total. The molecule has 0 saturated carbocycles. The average Bonchev–Trinajstić information content (AvgIpc) is 2.28. The molecule has 84 valence electrons. The number of nitrogens with one attached hydrogen (secondary N) is 1.